The third-order valence-electron chi connectivity index (χ3n) is 2.87. The van der Waals surface area contributed by atoms with Gasteiger partial charge in [-0.3, -0.25) is 0 Å². The molecule has 108 valence electrons. The summed E-state index contributed by atoms with van der Waals surface area (Å²) < 4.78 is 29.5. The zero-order valence-corrected chi connectivity index (χ0v) is 11.7. The molecule has 0 spiro atoms. The molecule has 1 unspecified atom stereocenters. The Morgan fingerprint density at radius 3 is 2.61 bits per heavy atom. The van der Waals surface area contributed by atoms with E-state index in [1.807, 2.05) is 0 Å². The maximum absolute atomic E-state index is 10.8. The first-order valence-electron chi connectivity index (χ1n) is 6.42. The van der Waals surface area contributed by atoms with E-state index in [2.05, 4.69) is 10.0 Å². The lowest BCUT2D eigenvalue weighted by molar-refractivity contribution is -0.00528. The topological polar surface area (TPSA) is 87.7 Å². The first-order chi connectivity index (χ1) is 8.47. The molecule has 0 bridgehead atoms. The van der Waals surface area contributed by atoms with E-state index in [1.165, 1.54) is 12.8 Å². The minimum absolute atomic E-state index is 0.312. The van der Waals surface area contributed by atoms with Crippen molar-refractivity contribution in [2.45, 2.75) is 37.9 Å². The lowest BCUT2D eigenvalue weighted by atomic mass is 10.3. The molecule has 3 N–H and O–H groups in total. The molecule has 1 fully saturated rings. The largest absolute Gasteiger partial charge is 0.389 e. The predicted octanol–water partition coefficient (Wildman–Crippen LogP) is -0.555. The highest BCUT2D eigenvalue weighted by atomic mass is 32.2. The highest BCUT2D eigenvalue weighted by molar-refractivity contribution is 7.88. The lowest BCUT2D eigenvalue weighted by Gasteiger charge is -2.16. The zero-order valence-electron chi connectivity index (χ0n) is 10.9. The fourth-order valence-electron chi connectivity index (χ4n) is 1.95. The Morgan fingerprint density at radius 2 is 2.00 bits per heavy atom. The molecule has 1 aliphatic carbocycles. The van der Waals surface area contributed by atoms with Gasteiger partial charge in [0.25, 0.3) is 0 Å². The van der Waals surface area contributed by atoms with E-state index >= 15 is 0 Å². The van der Waals surface area contributed by atoms with Crippen LogP contribution in [0.4, 0.5) is 0 Å². The van der Waals surface area contributed by atoms with E-state index in [4.69, 9.17) is 4.74 Å². The van der Waals surface area contributed by atoms with Gasteiger partial charge < -0.3 is 15.2 Å². The summed E-state index contributed by atoms with van der Waals surface area (Å²) in [6.45, 7) is 1.58. The Hall–Kier alpha value is -0.210. The van der Waals surface area contributed by atoms with Crippen molar-refractivity contribution in [2.75, 3.05) is 32.5 Å². The van der Waals surface area contributed by atoms with Crippen LogP contribution in [0.2, 0.25) is 0 Å². The number of sulfonamides is 1. The monoisotopic (exact) mass is 280 g/mol. The molecule has 6 nitrogen and oxygen atoms in total. The van der Waals surface area contributed by atoms with Gasteiger partial charge in [-0.1, -0.05) is 12.8 Å². The summed E-state index contributed by atoms with van der Waals surface area (Å²) in [6.07, 6.45) is 5.52. The summed E-state index contributed by atoms with van der Waals surface area (Å²) in [5.41, 5.74) is 0. The molecule has 0 aliphatic heterocycles. The molecule has 0 aromatic heterocycles. The van der Waals surface area contributed by atoms with E-state index in [-0.39, 0.29) is 0 Å². The number of ether oxygens (including phenoxy) is 1. The standard InChI is InChI=1S/C11H24N2O4S/c1-18(15,16)13-7-6-12-8-10(14)9-17-11-4-2-3-5-11/h10-14H,2-9H2,1H3. The Labute approximate surface area is 109 Å². The second-order valence-corrected chi connectivity index (χ2v) is 6.60. The van der Waals surface area contributed by atoms with Crippen LogP contribution in [-0.2, 0) is 14.8 Å². The van der Waals surface area contributed by atoms with Gasteiger partial charge >= 0.3 is 0 Å². The van der Waals surface area contributed by atoms with Crippen molar-refractivity contribution < 1.29 is 18.3 Å². The van der Waals surface area contributed by atoms with Gasteiger partial charge in [-0.05, 0) is 12.8 Å². The van der Waals surface area contributed by atoms with Crippen LogP contribution in [0.1, 0.15) is 25.7 Å². The van der Waals surface area contributed by atoms with Crippen LogP contribution >= 0.6 is 0 Å². The first kappa shape index (κ1) is 15.8. The van der Waals surface area contributed by atoms with Gasteiger partial charge in [-0.15, -0.1) is 0 Å². The van der Waals surface area contributed by atoms with Crippen molar-refractivity contribution in [3.05, 3.63) is 0 Å². The molecule has 0 heterocycles. The number of nitrogens with one attached hydrogen (secondary N) is 2. The summed E-state index contributed by atoms with van der Waals surface area (Å²) in [5, 5.41) is 12.6. The van der Waals surface area contributed by atoms with Crippen molar-refractivity contribution in [1.29, 1.82) is 0 Å². The van der Waals surface area contributed by atoms with Crippen LogP contribution < -0.4 is 10.0 Å². The number of aliphatic hydroxyl groups excluding tert-OH is 1. The SMILES string of the molecule is CS(=O)(=O)NCCNCC(O)COC1CCCC1. The molecule has 0 amide bonds. The molecule has 0 aromatic rings. The Kier molecular flexibility index (Phi) is 7.10. The second-order valence-electron chi connectivity index (χ2n) is 4.76. The summed E-state index contributed by atoms with van der Waals surface area (Å²) in [5.74, 6) is 0. The van der Waals surface area contributed by atoms with Crippen LogP contribution in [0.25, 0.3) is 0 Å². The Bertz CT molecular complexity index is 315. The zero-order chi connectivity index (χ0) is 13.4. The van der Waals surface area contributed by atoms with Gasteiger partial charge in [-0.2, -0.15) is 0 Å². The third kappa shape index (κ3) is 7.99. The number of aliphatic hydroxyl groups is 1. The average Bonchev–Trinajstić information content (AvgIpc) is 2.77. The molecule has 18 heavy (non-hydrogen) atoms. The summed E-state index contributed by atoms with van der Waals surface area (Å²) in [6, 6.07) is 0. The highest BCUT2D eigenvalue weighted by Gasteiger charge is 2.16. The molecular weight excluding hydrogens is 256 g/mol. The Balaban J connectivity index is 1.94. The third-order valence-corrected chi connectivity index (χ3v) is 3.60. The fraction of sp³-hybridized carbons (Fsp3) is 1.00. The molecular formula is C11H24N2O4S. The fourth-order valence-corrected chi connectivity index (χ4v) is 2.43. The molecule has 0 aromatic carbocycles. The highest BCUT2D eigenvalue weighted by Crippen LogP contribution is 2.20. The van der Waals surface area contributed by atoms with Gasteiger partial charge in [0.2, 0.25) is 10.0 Å². The number of rotatable bonds is 9. The van der Waals surface area contributed by atoms with Gasteiger partial charge in [0, 0.05) is 19.6 Å². The minimum atomic E-state index is -3.12. The number of hydrogen-bond acceptors (Lipinski definition) is 5. The van der Waals surface area contributed by atoms with Crippen molar-refractivity contribution in [3.8, 4) is 0 Å². The van der Waals surface area contributed by atoms with Crippen molar-refractivity contribution in [2.24, 2.45) is 0 Å². The molecule has 0 saturated heterocycles. The second kappa shape index (κ2) is 8.06. The summed E-state index contributed by atoms with van der Waals surface area (Å²) >= 11 is 0. The molecule has 1 aliphatic rings. The van der Waals surface area contributed by atoms with Gasteiger partial charge in [0.05, 0.1) is 25.1 Å². The quantitative estimate of drug-likeness (QED) is 0.493. The van der Waals surface area contributed by atoms with Crippen molar-refractivity contribution >= 4 is 10.0 Å². The average molecular weight is 280 g/mol. The van der Waals surface area contributed by atoms with Gasteiger partial charge in [0.1, 0.15) is 0 Å². The first-order valence-corrected chi connectivity index (χ1v) is 8.31. The minimum Gasteiger partial charge on any atom is -0.389 e. The van der Waals surface area contributed by atoms with Crippen molar-refractivity contribution in [1.82, 2.24) is 10.0 Å². The van der Waals surface area contributed by atoms with E-state index in [0.717, 1.165) is 19.1 Å². The predicted molar refractivity (Wildman–Crippen MR) is 69.9 cm³/mol. The maximum Gasteiger partial charge on any atom is 0.208 e. The lowest BCUT2D eigenvalue weighted by Crippen LogP contribution is -2.36. The summed E-state index contributed by atoms with van der Waals surface area (Å²) in [4.78, 5) is 0. The van der Waals surface area contributed by atoms with E-state index in [9.17, 15) is 13.5 Å². The maximum atomic E-state index is 10.8. The van der Waals surface area contributed by atoms with E-state index in [0.29, 0.717) is 32.3 Å². The van der Waals surface area contributed by atoms with Crippen LogP contribution in [0.5, 0.6) is 0 Å². The smallest absolute Gasteiger partial charge is 0.208 e. The van der Waals surface area contributed by atoms with Crippen LogP contribution in [0.3, 0.4) is 0 Å². The molecule has 0 radical (unpaired) electrons. The van der Waals surface area contributed by atoms with Gasteiger partial charge in [0.15, 0.2) is 0 Å². The Morgan fingerprint density at radius 1 is 1.33 bits per heavy atom. The van der Waals surface area contributed by atoms with Crippen LogP contribution in [0.15, 0.2) is 0 Å². The van der Waals surface area contributed by atoms with E-state index in [1.54, 1.807) is 0 Å². The van der Waals surface area contributed by atoms with Crippen LogP contribution in [0, 0.1) is 0 Å². The van der Waals surface area contributed by atoms with Crippen molar-refractivity contribution in [3.63, 3.8) is 0 Å². The molecule has 7 heteroatoms. The molecule has 1 atom stereocenters. The molecule has 1 rings (SSSR count). The number of hydrogen-bond donors (Lipinski definition) is 3. The molecule has 1 saturated carbocycles. The van der Waals surface area contributed by atoms with Gasteiger partial charge in [-0.25, -0.2) is 13.1 Å². The summed E-state index contributed by atoms with van der Waals surface area (Å²) in [7, 11) is -3.12. The van der Waals surface area contributed by atoms with Crippen LogP contribution in [-0.4, -0.2) is 58.2 Å². The normalized spacial score (nSPS) is 19.2. The van der Waals surface area contributed by atoms with E-state index < -0.39 is 16.1 Å².